The molecule has 0 saturated heterocycles. The Hall–Kier alpha value is -1.66. The fourth-order valence-electron chi connectivity index (χ4n) is 1.62. The Labute approximate surface area is 122 Å². The Balaban J connectivity index is 2.60. The Morgan fingerprint density at radius 1 is 1.35 bits per heavy atom. The van der Waals surface area contributed by atoms with Gasteiger partial charge < -0.3 is 9.47 Å². The van der Waals surface area contributed by atoms with Gasteiger partial charge in [0.05, 0.1) is 23.2 Å². The van der Waals surface area contributed by atoms with Gasteiger partial charge in [-0.15, -0.1) is 0 Å². The lowest BCUT2D eigenvalue weighted by atomic mass is 10.1. The maximum atomic E-state index is 12.3. The number of benzene rings is 1. The number of methoxy groups -OCH3 is 1. The number of hydrogen-bond donors (Lipinski definition) is 0. The number of rotatable bonds is 3. The van der Waals surface area contributed by atoms with Crippen LogP contribution in [0, 0.1) is 0 Å². The lowest BCUT2D eigenvalue weighted by Gasteiger charge is -2.11. The molecule has 0 atom stereocenters. The lowest BCUT2D eigenvalue weighted by Crippen LogP contribution is -2.04. The zero-order valence-corrected chi connectivity index (χ0v) is 11.5. The number of pyridine rings is 1. The van der Waals surface area contributed by atoms with E-state index in [1.807, 2.05) is 0 Å². The van der Waals surface area contributed by atoms with Gasteiger partial charge in [0.15, 0.2) is 5.75 Å². The average Bonchev–Trinajstić information content (AvgIpc) is 2.41. The SMILES string of the molecule is COC(=O)c1cnc2c(Cl)c(OC(F)F)c(Cl)cc2c1. The van der Waals surface area contributed by atoms with Gasteiger partial charge in [-0.3, -0.25) is 4.98 Å². The number of ether oxygens (including phenoxy) is 2. The third kappa shape index (κ3) is 2.76. The van der Waals surface area contributed by atoms with Crippen LogP contribution in [0.3, 0.4) is 0 Å². The Kier molecular flexibility index (Phi) is 4.25. The van der Waals surface area contributed by atoms with E-state index in [0.29, 0.717) is 5.39 Å². The van der Waals surface area contributed by atoms with Crippen molar-refractivity contribution in [2.75, 3.05) is 7.11 Å². The van der Waals surface area contributed by atoms with Gasteiger partial charge in [0, 0.05) is 11.6 Å². The molecule has 8 heteroatoms. The molecule has 20 heavy (non-hydrogen) atoms. The van der Waals surface area contributed by atoms with Crippen LogP contribution in [0.25, 0.3) is 10.9 Å². The third-order valence-electron chi connectivity index (χ3n) is 2.45. The number of halogens is 4. The molecule has 0 bridgehead atoms. The van der Waals surface area contributed by atoms with Crippen molar-refractivity contribution in [3.63, 3.8) is 0 Å². The second-order valence-electron chi connectivity index (χ2n) is 3.67. The van der Waals surface area contributed by atoms with Crippen LogP contribution >= 0.6 is 23.2 Å². The molecule has 2 rings (SSSR count). The van der Waals surface area contributed by atoms with Crippen LogP contribution < -0.4 is 4.74 Å². The van der Waals surface area contributed by atoms with Crippen LogP contribution in [-0.4, -0.2) is 24.7 Å². The molecule has 0 saturated carbocycles. The molecule has 0 amide bonds. The van der Waals surface area contributed by atoms with Crippen molar-refractivity contribution in [2.45, 2.75) is 6.61 Å². The average molecular weight is 322 g/mol. The first-order valence-corrected chi connectivity index (χ1v) is 6.00. The number of carbonyl (C=O) groups is 1. The van der Waals surface area contributed by atoms with Gasteiger partial charge in [-0.2, -0.15) is 8.78 Å². The minimum atomic E-state index is -3.06. The van der Waals surface area contributed by atoms with Gasteiger partial charge in [0.1, 0.15) is 5.02 Å². The summed E-state index contributed by atoms with van der Waals surface area (Å²) in [5.74, 6) is -0.936. The van der Waals surface area contributed by atoms with Gasteiger partial charge in [0.25, 0.3) is 0 Å². The van der Waals surface area contributed by atoms with E-state index >= 15 is 0 Å². The fourth-order valence-corrected chi connectivity index (χ4v) is 2.23. The van der Waals surface area contributed by atoms with Crippen molar-refractivity contribution in [1.82, 2.24) is 4.98 Å². The Morgan fingerprint density at radius 3 is 2.65 bits per heavy atom. The maximum absolute atomic E-state index is 12.3. The molecule has 1 heterocycles. The van der Waals surface area contributed by atoms with E-state index in [9.17, 15) is 13.6 Å². The summed E-state index contributed by atoms with van der Waals surface area (Å²) in [6.45, 7) is -3.06. The highest BCUT2D eigenvalue weighted by atomic mass is 35.5. The van der Waals surface area contributed by atoms with Crippen molar-refractivity contribution >= 4 is 40.1 Å². The van der Waals surface area contributed by atoms with Crippen LogP contribution in [0.2, 0.25) is 10.0 Å². The zero-order chi connectivity index (χ0) is 14.9. The number of hydrogen-bond acceptors (Lipinski definition) is 4. The second kappa shape index (κ2) is 5.76. The maximum Gasteiger partial charge on any atom is 0.387 e. The van der Waals surface area contributed by atoms with Gasteiger partial charge in [0.2, 0.25) is 0 Å². The molecule has 0 aliphatic rings. The lowest BCUT2D eigenvalue weighted by molar-refractivity contribution is -0.0496. The monoisotopic (exact) mass is 321 g/mol. The van der Waals surface area contributed by atoms with Crippen molar-refractivity contribution in [3.05, 3.63) is 33.9 Å². The minimum Gasteiger partial charge on any atom is -0.465 e. The molecule has 0 aliphatic carbocycles. The molecule has 0 N–H and O–H groups in total. The van der Waals surface area contributed by atoms with Crippen LogP contribution in [0.1, 0.15) is 10.4 Å². The van der Waals surface area contributed by atoms with E-state index in [1.54, 1.807) is 0 Å². The predicted molar refractivity (Wildman–Crippen MR) is 69.7 cm³/mol. The first-order chi connectivity index (χ1) is 9.43. The predicted octanol–water partition coefficient (Wildman–Crippen LogP) is 3.93. The van der Waals surface area contributed by atoms with Crippen molar-refractivity contribution in [1.29, 1.82) is 0 Å². The highest BCUT2D eigenvalue weighted by Gasteiger charge is 2.18. The van der Waals surface area contributed by atoms with E-state index in [1.165, 1.54) is 25.4 Å². The van der Waals surface area contributed by atoms with Crippen LogP contribution in [0.5, 0.6) is 5.75 Å². The summed E-state index contributed by atoms with van der Waals surface area (Å²) in [6.07, 6.45) is 1.22. The highest BCUT2D eigenvalue weighted by molar-refractivity contribution is 6.40. The van der Waals surface area contributed by atoms with E-state index in [0.717, 1.165) is 0 Å². The van der Waals surface area contributed by atoms with Crippen LogP contribution in [0.15, 0.2) is 18.3 Å². The molecule has 4 nitrogen and oxygen atoms in total. The normalized spacial score (nSPS) is 10.9. The van der Waals surface area contributed by atoms with Crippen molar-refractivity contribution in [3.8, 4) is 5.75 Å². The van der Waals surface area contributed by atoms with Gasteiger partial charge in [-0.1, -0.05) is 23.2 Å². The van der Waals surface area contributed by atoms with Gasteiger partial charge in [-0.25, -0.2) is 4.79 Å². The Morgan fingerprint density at radius 2 is 2.05 bits per heavy atom. The number of alkyl halides is 2. The highest BCUT2D eigenvalue weighted by Crippen LogP contribution is 2.39. The van der Waals surface area contributed by atoms with Crippen molar-refractivity contribution in [2.24, 2.45) is 0 Å². The van der Waals surface area contributed by atoms with E-state index in [2.05, 4.69) is 14.5 Å². The van der Waals surface area contributed by atoms with E-state index in [-0.39, 0.29) is 26.9 Å². The smallest absolute Gasteiger partial charge is 0.387 e. The van der Waals surface area contributed by atoms with Crippen LogP contribution in [0.4, 0.5) is 8.78 Å². The number of nitrogens with zero attached hydrogens (tertiary/aromatic N) is 1. The summed E-state index contributed by atoms with van der Waals surface area (Å²) in [6, 6.07) is 2.78. The Bertz CT molecular complexity index is 679. The molecular weight excluding hydrogens is 315 g/mol. The molecule has 0 fully saturated rings. The number of carbonyl (C=O) groups excluding carboxylic acids is 1. The summed E-state index contributed by atoms with van der Waals surface area (Å²) in [4.78, 5) is 15.3. The summed E-state index contributed by atoms with van der Waals surface area (Å²) in [5, 5.41) is 0.153. The molecule has 0 spiro atoms. The molecule has 0 unspecified atom stereocenters. The molecule has 106 valence electrons. The zero-order valence-electron chi connectivity index (χ0n) is 9.99. The second-order valence-corrected chi connectivity index (χ2v) is 4.45. The van der Waals surface area contributed by atoms with E-state index in [4.69, 9.17) is 23.2 Å². The third-order valence-corrected chi connectivity index (χ3v) is 3.08. The summed E-state index contributed by atoms with van der Waals surface area (Å²) >= 11 is 11.8. The summed E-state index contributed by atoms with van der Waals surface area (Å²) in [5.41, 5.74) is 0.383. The first-order valence-electron chi connectivity index (χ1n) is 5.25. The molecule has 1 aromatic heterocycles. The topological polar surface area (TPSA) is 48.4 Å². The van der Waals surface area contributed by atoms with Crippen LogP contribution in [-0.2, 0) is 4.74 Å². The van der Waals surface area contributed by atoms with Crippen molar-refractivity contribution < 1.29 is 23.0 Å². The minimum absolute atomic E-state index is 0.105. The number of esters is 1. The molecule has 0 aliphatic heterocycles. The number of aromatic nitrogens is 1. The first kappa shape index (κ1) is 14.7. The van der Waals surface area contributed by atoms with Gasteiger partial charge >= 0.3 is 12.6 Å². The standard InChI is InChI=1S/C12H7Cl2F2NO3/c1-19-11(18)6-2-5-3-7(13)10(20-12(15)16)8(14)9(5)17-4-6/h2-4,12H,1H3. The molecule has 0 radical (unpaired) electrons. The van der Waals surface area contributed by atoms with E-state index < -0.39 is 12.6 Å². The number of fused-ring (bicyclic) bond motifs is 1. The summed E-state index contributed by atoms with van der Waals surface area (Å²) in [7, 11) is 1.23. The fraction of sp³-hybridized carbons (Fsp3) is 0.167. The van der Waals surface area contributed by atoms with Gasteiger partial charge in [-0.05, 0) is 12.1 Å². The molecule has 2 aromatic rings. The quantitative estimate of drug-likeness (QED) is 0.804. The molecule has 1 aromatic carbocycles. The molecular formula is C12H7Cl2F2NO3. The largest absolute Gasteiger partial charge is 0.465 e. The summed E-state index contributed by atoms with van der Waals surface area (Å²) < 4.78 is 33.4.